The van der Waals surface area contributed by atoms with Crippen molar-refractivity contribution in [3.05, 3.63) is 59.9 Å². The van der Waals surface area contributed by atoms with Gasteiger partial charge in [0.15, 0.2) is 0 Å². The van der Waals surface area contributed by atoms with Crippen LogP contribution in [-0.4, -0.2) is 36.7 Å². The summed E-state index contributed by atoms with van der Waals surface area (Å²) in [6.45, 7) is 3.31. The Balaban J connectivity index is 1.28. The number of carbonyl (C=O) groups excluding carboxylic acids is 1. The Kier molecular flexibility index (Phi) is 4.78. The van der Waals surface area contributed by atoms with E-state index < -0.39 is 5.60 Å². The molecule has 4 aliphatic rings. The molecule has 0 aromatic heterocycles. The number of rotatable bonds is 4. The highest BCUT2D eigenvalue weighted by Gasteiger charge is 2.49. The largest absolute Gasteiger partial charge is 0.438 e. The van der Waals surface area contributed by atoms with Gasteiger partial charge in [0, 0.05) is 18.2 Å². The summed E-state index contributed by atoms with van der Waals surface area (Å²) in [5.41, 5.74) is 1.49. The van der Waals surface area contributed by atoms with Crippen LogP contribution in [0.4, 0.5) is 9.18 Å². The van der Waals surface area contributed by atoms with Crippen LogP contribution in [0, 0.1) is 11.7 Å². The Morgan fingerprint density at radius 2 is 1.76 bits per heavy atom. The number of alkyl carbamates (subject to hydrolysis) is 1. The number of nitrogens with zero attached hydrogens (tertiary/aromatic N) is 1. The first-order chi connectivity index (χ1) is 14.1. The first-order valence-electron chi connectivity index (χ1n) is 10.7. The van der Waals surface area contributed by atoms with E-state index in [0.717, 1.165) is 62.9 Å². The average molecular weight is 394 g/mol. The number of fused-ring (bicyclic) bond motifs is 4. The number of benzene rings is 2. The van der Waals surface area contributed by atoms with Crippen LogP contribution < -0.4 is 5.32 Å². The zero-order chi connectivity index (χ0) is 19.8. The summed E-state index contributed by atoms with van der Waals surface area (Å²) >= 11 is 0. The van der Waals surface area contributed by atoms with Crippen molar-refractivity contribution in [2.45, 2.75) is 43.7 Å². The highest BCUT2D eigenvalue weighted by molar-refractivity contribution is 5.69. The molecular formula is C24H27FN2O2. The number of halogens is 1. The third-order valence-corrected chi connectivity index (χ3v) is 6.83. The Hall–Kier alpha value is -2.40. The molecule has 4 nitrogen and oxygen atoms in total. The summed E-state index contributed by atoms with van der Waals surface area (Å²) in [5.74, 6) is 0.262. The van der Waals surface area contributed by atoms with Gasteiger partial charge in [-0.15, -0.1) is 0 Å². The second kappa shape index (κ2) is 7.45. The van der Waals surface area contributed by atoms with Crippen molar-refractivity contribution >= 4 is 6.09 Å². The average Bonchev–Trinajstić information content (AvgIpc) is 3.56. The standard InChI is InChI=1S/C24H27FN2O2/c25-21-16-19(6-7-20(21)17-4-2-1-3-5-17)24(11-12-24)29-23(28)26-22-10-15-27-13-8-18(22)9-14-27/h1-7,16,18,22H,8-15H2,(H,26,28). The smallest absolute Gasteiger partial charge is 0.408 e. The zero-order valence-corrected chi connectivity index (χ0v) is 16.6. The van der Waals surface area contributed by atoms with Crippen LogP contribution in [-0.2, 0) is 10.3 Å². The highest BCUT2D eigenvalue weighted by atomic mass is 19.1. The summed E-state index contributed by atoms with van der Waals surface area (Å²) in [7, 11) is 0. The van der Waals surface area contributed by atoms with Crippen molar-refractivity contribution in [3.63, 3.8) is 0 Å². The maximum absolute atomic E-state index is 14.8. The molecule has 1 amide bonds. The Morgan fingerprint density at radius 1 is 1.03 bits per heavy atom. The van der Waals surface area contributed by atoms with E-state index in [4.69, 9.17) is 4.74 Å². The third kappa shape index (κ3) is 3.76. The minimum Gasteiger partial charge on any atom is -0.438 e. The van der Waals surface area contributed by atoms with E-state index in [-0.39, 0.29) is 18.0 Å². The van der Waals surface area contributed by atoms with Crippen LogP contribution in [0.3, 0.4) is 0 Å². The van der Waals surface area contributed by atoms with Gasteiger partial charge in [0.25, 0.3) is 0 Å². The molecule has 1 atom stereocenters. The lowest BCUT2D eigenvalue weighted by molar-refractivity contribution is 0.0753. The number of amides is 1. The first kappa shape index (κ1) is 18.6. The molecule has 6 rings (SSSR count). The van der Waals surface area contributed by atoms with Crippen LogP contribution >= 0.6 is 0 Å². The van der Waals surface area contributed by atoms with Crippen molar-refractivity contribution < 1.29 is 13.9 Å². The minimum absolute atomic E-state index is 0.183. The van der Waals surface area contributed by atoms with Gasteiger partial charge in [-0.1, -0.05) is 42.5 Å². The van der Waals surface area contributed by atoms with Crippen LogP contribution in [0.5, 0.6) is 0 Å². The normalized spacial score (nSPS) is 27.1. The molecule has 1 unspecified atom stereocenters. The maximum atomic E-state index is 14.8. The lowest BCUT2D eigenvalue weighted by Gasteiger charge is -2.29. The lowest BCUT2D eigenvalue weighted by Crippen LogP contribution is -2.42. The summed E-state index contributed by atoms with van der Waals surface area (Å²) in [6.07, 6.45) is 4.39. The molecular weight excluding hydrogens is 367 g/mol. The second-order valence-corrected chi connectivity index (χ2v) is 8.66. The molecule has 152 valence electrons. The van der Waals surface area contributed by atoms with E-state index in [0.29, 0.717) is 11.5 Å². The van der Waals surface area contributed by atoms with Crippen molar-refractivity contribution in [2.75, 3.05) is 19.6 Å². The second-order valence-electron chi connectivity index (χ2n) is 8.66. The van der Waals surface area contributed by atoms with E-state index in [9.17, 15) is 9.18 Å². The van der Waals surface area contributed by atoms with Crippen LogP contribution in [0.1, 0.15) is 37.7 Å². The van der Waals surface area contributed by atoms with E-state index in [1.54, 1.807) is 6.07 Å². The zero-order valence-electron chi connectivity index (χ0n) is 16.6. The molecule has 1 aliphatic carbocycles. The topological polar surface area (TPSA) is 41.6 Å². The van der Waals surface area contributed by atoms with Gasteiger partial charge in [0.2, 0.25) is 0 Å². The predicted octanol–water partition coefficient (Wildman–Crippen LogP) is 4.69. The van der Waals surface area contributed by atoms with E-state index in [1.165, 1.54) is 6.07 Å². The van der Waals surface area contributed by atoms with Gasteiger partial charge in [0.05, 0.1) is 0 Å². The maximum Gasteiger partial charge on any atom is 0.408 e. The number of hydrogen-bond donors (Lipinski definition) is 1. The van der Waals surface area contributed by atoms with Gasteiger partial charge in [-0.3, -0.25) is 0 Å². The molecule has 29 heavy (non-hydrogen) atoms. The number of ether oxygens (including phenoxy) is 1. The van der Waals surface area contributed by atoms with Crippen molar-refractivity contribution in [2.24, 2.45) is 5.92 Å². The molecule has 0 spiro atoms. The van der Waals surface area contributed by atoms with Gasteiger partial charge in [0.1, 0.15) is 11.4 Å². The molecule has 4 fully saturated rings. The molecule has 1 saturated carbocycles. The molecule has 2 aromatic rings. The molecule has 2 aromatic carbocycles. The first-order valence-corrected chi connectivity index (χ1v) is 10.7. The van der Waals surface area contributed by atoms with Crippen molar-refractivity contribution in [1.29, 1.82) is 0 Å². The number of piperidine rings is 1. The van der Waals surface area contributed by atoms with Crippen molar-refractivity contribution in [1.82, 2.24) is 10.2 Å². The van der Waals surface area contributed by atoms with Gasteiger partial charge >= 0.3 is 6.09 Å². The predicted molar refractivity (Wildman–Crippen MR) is 110 cm³/mol. The third-order valence-electron chi connectivity index (χ3n) is 6.83. The summed E-state index contributed by atoms with van der Waals surface area (Å²) in [6, 6.07) is 14.9. The van der Waals surface area contributed by atoms with Crippen LogP contribution in [0.15, 0.2) is 48.5 Å². The molecule has 5 heteroatoms. The van der Waals surface area contributed by atoms with Crippen LogP contribution in [0.25, 0.3) is 11.1 Å². The molecule has 3 saturated heterocycles. The number of carbonyl (C=O) groups is 1. The molecule has 0 radical (unpaired) electrons. The van der Waals surface area contributed by atoms with Crippen LogP contribution in [0.2, 0.25) is 0 Å². The fourth-order valence-electron chi connectivity index (χ4n) is 4.90. The molecule has 1 N–H and O–H groups in total. The van der Waals surface area contributed by atoms with Gasteiger partial charge in [-0.2, -0.15) is 0 Å². The Bertz CT molecular complexity index is 889. The van der Waals surface area contributed by atoms with Gasteiger partial charge < -0.3 is 15.0 Å². The summed E-state index contributed by atoms with van der Waals surface area (Å²) in [4.78, 5) is 15.1. The van der Waals surface area contributed by atoms with Crippen molar-refractivity contribution in [3.8, 4) is 11.1 Å². The van der Waals surface area contributed by atoms with Gasteiger partial charge in [-0.05, 0) is 68.3 Å². The molecule has 3 aliphatic heterocycles. The summed E-state index contributed by atoms with van der Waals surface area (Å²) in [5, 5.41) is 3.12. The number of nitrogens with one attached hydrogen (secondary N) is 1. The Morgan fingerprint density at radius 3 is 2.45 bits per heavy atom. The SMILES string of the molecule is O=C(NC1CCN2CCC1CC2)OC1(c2ccc(-c3ccccc3)c(F)c2)CC1. The molecule has 2 bridgehead atoms. The van der Waals surface area contributed by atoms with E-state index >= 15 is 0 Å². The Labute approximate surface area is 171 Å². The lowest BCUT2D eigenvalue weighted by atomic mass is 9.91. The highest BCUT2D eigenvalue weighted by Crippen LogP contribution is 2.50. The molecule has 3 heterocycles. The fourth-order valence-corrected chi connectivity index (χ4v) is 4.90. The fraction of sp³-hybridized carbons (Fsp3) is 0.458. The van der Waals surface area contributed by atoms with Gasteiger partial charge in [-0.25, -0.2) is 9.18 Å². The summed E-state index contributed by atoms with van der Waals surface area (Å²) < 4.78 is 20.6. The van der Waals surface area contributed by atoms with E-state index in [2.05, 4.69) is 10.2 Å². The van der Waals surface area contributed by atoms with E-state index in [1.807, 2.05) is 36.4 Å². The minimum atomic E-state index is -0.674. The quantitative estimate of drug-likeness (QED) is 0.818. The number of hydrogen-bond acceptors (Lipinski definition) is 3. The monoisotopic (exact) mass is 394 g/mol.